The van der Waals surface area contributed by atoms with E-state index in [2.05, 4.69) is 10.6 Å². The summed E-state index contributed by atoms with van der Waals surface area (Å²) in [7, 11) is 1.54. The van der Waals surface area contributed by atoms with Crippen molar-refractivity contribution in [1.29, 1.82) is 0 Å². The Morgan fingerprint density at radius 2 is 1.66 bits per heavy atom. The van der Waals surface area contributed by atoms with E-state index in [1.807, 2.05) is 0 Å². The van der Waals surface area contributed by atoms with Gasteiger partial charge in [0, 0.05) is 24.1 Å². The molecule has 4 rings (SSSR count). The van der Waals surface area contributed by atoms with Gasteiger partial charge < -0.3 is 19.8 Å². The van der Waals surface area contributed by atoms with Gasteiger partial charge in [-0.05, 0) is 68.1 Å². The maximum atomic E-state index is 13.2. The molecular formula is C28H27F3N2O5. The van der Waals surface area contributed by atoms with Crippen molar-refractivity contribution < 1.29 is 36.7 Å². The predicted molar refractivity (Wildman–Crippen MR) is 133 cm³/mol. The lowest BCUT2D eigenvalue weighted by Crippen LogP contribution is -2.50. The highest BCUT2D eigenvalue weighted by Gasteiger charge is 2.40. The molecule has 0 saturated heterocycles. The van der Waals surface area contributed by atoms with Crippen molar-refractivity contribution >= 4 is 23.3 Å². The summed E-state index contributed by atoms with van der Waals surface area (Å²) in [6.07, 6.45) is -1.77. The molecule has 1 heterocycles. The van der Waals surface area contributed by atoms with Gasteiger partial charge in [-0.3, -0.25) is 14.4 Å². The molecule has 1 aliphatic rings. The van der Waals surface area contributed by atoms with Crippen LogP contribution in [0, 0.1) is 6.92 Å². The van der Waals surface area contributed by atoms with Crippen molar-refractivity contribution in [3.63, 3.8) is 0 Å². The first-order chi connectivity index (χ1) is 18.0. The van der Waals surface area contributed by atoms with Gasteiger partial charge in [0.1, 0.15) is 23.3 Å². The number of hydrogen-bond donors (Lipinski definition) is 2. The number of nitrogens with one attached hydrogen (secondary N) is 2. The monoisotopic (exact) mass is 528 g/mol. The third-order valence-electron chi connectivity index (χ3n) is 6.78. The van der Waals surface area contributed by atoms with Gasteiger partial charge in [0.2, 0.25) is 5.91 Å². The minimum absolute atomic E-state index is 0.0341. The average molecular weight is 529 g/mol. The Kier molecular flexibility index (Phi) is 7.61. The zero-order valence-electron chi connectivity index (χ0n) is 20.9. The summed E-state index contributed by atoms with van der Waals surface area (Å²) in [5.74, 6) is -0.817. The molecule has 0 bridgehead atoms. The van der Waals surface area contributed by atoms with Gasteiger partial charge in [0.05, 0.1) is 18.2 Å². The van der Waals surface area contributed by atoms with Crippen molar-refractivity contribution in [1.82, 2.24) is 5.32 Å². The number of hydrogen-bond acceptors (Lipinski definition) is 5. The number of methoxy groups -OCH3 is 1. The van der Waals surface area contributed by atoms with Gasteiger partial charge >= 0.3 is 6.18 Å². The first-order valence-corrected chi connectivity index (χ1v) is 12.1. The molecule has 10 heteroatoms. The molecule has 2 aromatic carbocycles. The van der Waals surface area contributed by atoms with E-state index in [1.165, 1.54) is 14.0 Å². The predicted octanol–water partition coefficient (Wildman–Crippen LogP) is 6.03. The van der Waals surface area contributed by atoms with E-state index < -0.39 is 28.7 Å². The number of ketones is 1. The van der Waals surface area contributed by atoms with Gasteiger partial charge in [-0.15, -0.1) is 0 Å². The van der Waals surface area contributed by atoms with Crippen LogP contribution in [0.3, 0.4) is 0 Å². The normalized spacial score (nSPS) is 14.3. The number of anilines is 1. The molecule has 0 spiro atoms. The third kappa shape index (κ3) is 5.74. The highest BCUT2D eigenvalue weighted by atomic mass is 19.4. The van der Waals surface area contributed by atoms with Gasteiger partial charge in [0.25, 0.3) is 5.91 Å². The first-order valence-electron chi connectivity index (χ1n) is 12.1. The highest BCUT2D eigenvalue weighted by Crippen LogP contribution is 2.42. The summed E-state index contributed by atoms with van der Waals surface area (Å²) < 4.78 is 49.5. The van der Waals surface area contributed by atoms with Crippen molar-refractivity contribution in [3.05, 3.63) is 82.8 Å². The van der Waals surface area contributed by atoms with Crippen LogP contribution in [-0.2, 0) is 16.5 Å². The molecule has 38 heavy (non-hydrogen) atoms. The second-order valence-electron chi connectivity index (χ2n) is 9.25. The summed E-state index contributed by atoms with van der Waals surface area (Å²) in [5.41, 5.74) is -0.667. The van der Waals surface area contributed by atoms with E-state index in [0.717, 1.165) is 12.0 Å². The fourth-order valence-electron chi connectivity index (χ4n) is 4.51. The van der Waals surface area contributed by atoms with Crippen molar-refractivity contribution in [2.24, 2.45) is 0 Å². The van der Waals surface area contributed by atoms with Crippen LogP contribution < -0.4 is 15.4 Å². The summed E-state index contributed by atoms with van der Waals surface area (Å²) in [6, 6.07) is 13.3. The minimum Gasteiger partial charge on any atom is -0.497 e. The molecule has 0 unspecified atom stereocenters. The van der Waals surface area contributed by atoms with E-state index in [9.17, 15) is 27.6 Å². The summed E-state index contributed by atoms with van der Waals surface area (Å²) >= 11 is 0. The molecule has 0 aliphatic heterocycles. The Balaban J connectivity index is 1.37. The molecule has 3 aromatic rings. The van der Waals surface area contributed by atoms with E-state index in [1.54, 1.807) is 48.5 Å². The Morgan fingerprint density at radius 1 is 1.00 bits per heavy atom. The molecule has 0 atom stereocenters. The number of carbonyl (C=O) groups excluding carboxylic acids is 3. The summed E-state index contributed by atoms with van der Waals surface area (Å²) in [4.78, 5) is 37.7. The second-order valence-corrected chi connectivity index (χ2v) is 9.25. The summed E-state index contributed by atoms with van der Waals surface area (Å²) in [6.45, 7) is 1.29. The number of benzene rings is 2. The Labute approximate surface area is 217 Å². The van der Waals surface area contributed by atoms with Crippen LogP contribution in [0.25, 0.3) is 0 Å². The highest BCUT2D eigenvalue weighted by molar-refractivity contribution is 6.06. The van der Waals surface area contributed by atoms with E-state index >= 15 is 0 Å². The zero-order valence-corrected chi connectivity index (χ0v) is 20.9. The lowest BCUT2D eigenvalue weighted by atomic mass is 9.71. The van der Waals surface area contributed by atoms with Crippen LogP contribution in [-0.4, -0.2) is 24.7 Å². The maximum Gasteiger partial charge on any atom is 0.420 e. The first kappa shape index (κ1) is 27.0. The lowest BCUT2D eigenvalue weighted by Gasteiger charge is -2.43. The number of aryl methyl sites for hydroxylation is 1. The number of furan rings is 1. The van der Waals surface area contributed by atoms with Crippen LogP contribution in [0.2, 0.25) is 0 Å². The number of Topliss-reactive ketones (excluding diaryl/α,β-unsaturated/α-hetero) is 1. The van der Waals surface area contributed by atoms with Crippen LogP contribution in [0.4, 0.5) is 18.9 Å². The number of alkyl halides is 3. The van der Waals surface area contributed by atoms with Crippen LogP contribution in [0.15, 0.2) is 59.2 Å². The molecule has 0 radical (unpaired) electrons. The van der Waals surface area contributed by atoms with Gasteiger partial charge in [-0.1, -0.05) is 12.1 Å². The minimum atomic E-state index is -4.72. The van der Waals surface area contributed by atoms with Gasteiger partial charge in [-0.25, -0.2) is 0 Å². The van der Waals surface area contributed by atoms with E-state index in [4.69, 9.17) is 9.15 Å². The third-order valence-corrected chi connectivity index (χ3v) is 6.78. The van der Waals surface area contributed by atoms with Crippen molar-refractivity contribution in [2.45, 2.75) is 50.7 Å². The SMILES string of the molecule is COc1ccc(C(=O)CCC(=O)NC2(c3ccc(NC(=O)c4c(C(F)(F)F)coc4C)cc3)CCC2)cc1. The van der Waals surface area contributed by atoms with E-state index in [0.29, 0.717) is 36.1 Å². The number of carbonyl (C=O) groups is 3. The van der Waals surface area contributed by atoms with Crippen molar-refractivity contribution in [2.75, 3.05) is 12.4 Å². The van der Waals surface area contributed by atoms with Crippen LogP contribution in [0.5, 0.6) is 5.75 Å². The van der Waals surface area contributed by atoms with Crippen molar-refractivity contribution in [3.8, 4) is 5.75 Å². The average Bonchev–Trinajstić information content (AvgIpc) is 3.27. The number of ether oxygens (including phenoxy) is 1. The van der Waals surface area contributed by atoms with Crippen LogP contribution in [0.1, 0.15) is 69.7 Å². The molecule has 2 N–H and O–H groups in total. The molecule has 1 aromatic heterocycles. The quantitative estimate of drug-likeness (QED) is 0.331. The molecule has 1 saturated carbocycles. The topological polar surface area (TPSA) is 97.6 Å². The van der Waals surface area contributed by atoms with Gasteiger partial charge in [0.15, 0.2) is 5.78 Å². The Morgan fingerprint density at radius 3 is 2.21 bits per heavy atom. The molecule has 200 valence electrons. The number of rotatable bonds is 9. The van der Waals surface area contributed by atoms with E-state index in [-0.39, 0.29) is 30.3 Å². The standard InChI is InChI=1S/C28H27F3N2O5/c1-17-25(22(16-38-17)28(29,30)31)26(36)32-20-8-6-19(7-9-20)27(14-3-15-27)33-24(35)13-12-23(34)18-4-10-21(37-2)11-5-18/h4-11,16H,3,12-15H2,1-2H3,(H,32,36)(H,33,35). The smallest absolute Gasteiger partial charge is 0.420 e. The molecule has 2 amide bonds. The van der Waals surface area contributed by atoms with Gasteiger partial charge in [-0.2, -0.15) is 13.2 Å². The maximum absolute atomic E-state index is 13.2. The fourth-order valence-corrected chi connectivity index (χ4v) is 4.51. The number of amides is 2. The zero-order chi connectivity index (χ0) is 27.5. The lowest BCUT2D eigenvalue weighted by molar-refractivity contribution is -0.138. The molecular weight excluding hydrogens is 501 g/mol. The molecule has 1 fully saturated rings. The largest absolute Gasteiger partial charge is 0.497 e. The van der Waals surface area contributed by atoms with Crippen LogP contribution >= 0.6 is 0 Å². The Bertz CT molecular complexity index is 1320. The fraction of sp³-hybridized carbons (Fsp3) is 0.321. The Hall–Kier alpha value is -4.08. The second kappa shape index (κ2) is 10.7. The summed E-state index contributed by atoms with van der Waals surface area (Å²) in [5, 5.41) is 5.53. The molecule has 7 nitrogen and oxygen atoms in total. The molecule has 1 aliphatic carbocycles. The number of halogens is 3.